The van der Waals surface area contributed by atoms with Gasteiger partial charge in [0.15, 0.2) is 11.5 Å². The van der Waals surface area contributed by atoms with E-state index >= 15 is 0 Å². The number of nitrogens with one attached hydrogen (secondary N) is 1. The first-order valence-electron chi connectivity index (χ1n) is 8.79. The predicted molar refractivity (Wildman–Crippen MR) is 97.6 cm³/mol. The van der Waals surface area contributed by atoms with Gasteiger partial charge in [-0.25, -0.2) is 8.42 Å². The molecule has 1 aliphatic carbocycles. The van der Waals surface area contributed by atoms with Crippen LogP contribution in [0.3, 0.4) is 0 Å². The normalized spacial score (nSPS) is 17.1. The molecule has 1 saturated carbocycles. The molecule has 1 fully saturated rings. The molecule has 0 saturated heterocycles. The van der Waals surface area contributed by atoms with Gasteiger partial charge >= 0.3 is 0 Å². The third-order valence-corrected chi connectivity index (χ3v) is 5.93. The SMILES string of the molecule is O=S(=O)(Nc1ccc2c(c1)OCCO2)c1ccc(OC2CCCC2)cc1. The van der Waals surface area contributed by atoms with Crippen molar-refractivity contribution in [3.05, 3.63) is 42.5 Å². The highest BCUT2D eigenvalue weighted by molar-refractivity contribution is 7.92. The zero-order valence-electron chi connectivity index (χ0n) is 14.3. The number of benzene rings is 2. The molecule has 0 aromatic heterocycles. The summed E-state index contributed by atoms with van der Waals surface area (Å²) >= 11 is 0. The van der Waals surface area contributed by atoms with Crippen LogP contribution in [0.25, 0.3) is 0 Å². The van der Waals surface area contributed by atoms with Gasteiger partial charge in [0.05, 0.1) is 16.7 Å². The lowest BCUT2D eigenvalue weighted by atomic mass is 10.3. The second kappa shape index (κ2) is 7.07. The molecule has 1 aliphatic heterocycles. The molecule has 0 atom stereocenters. The van der Waals surface area contributed by atoms with E-state index in [-0.39, 0.29) is 11.0 Å². The van der Waals surface area contributed by atoms with Crippen molar-refractivity contribution in [2.75, 3.05) is 17.9 Å². The zero-order valence-corrected chi connectivity index (χ0v) is 15.1. The third kappa shape index (κ3) is 3.72. The largest absolute Gasteiger partial charge is 0.490 e. The summed E-state index contributed by atoms with van der Waals surface area (Å²) in [6.45, 7) is 0.943. The van der Waals surface area contributed by atoms with E-state index in [1.165, 1.54) is 12.8 Å². The van der Waals surface area contributed by atoms with Crippen LogP contribution in [0.4, 0.5) is 5.69 Å². The maximum atomic E-state index is 12.6. The first kappa shape index (κ1) is 17.0. The van der Waals surface area contributed by atoms with Gasteiger partial charge in [0.1, 0.15) is 19.0 Å². The zero-order chi connectivity index (χ0) is 18.0. The minimum atomic E-state index is -3.69. The summed E-state index contributed by atoms with van der Waals surface area (Å²) in [5.74, 6) is 1.86. The van der Waals surface area contributed by atoms with Crippen LogP contribution >= 0.6 is 0 Å². The molecule has 0 spiro atoms. The Bertz CT molecular complexity index is 873. The van der Waals surface area contributed by atoms with Gasteiger partial charge in [0.25, 0.3) is 10.0 Å². The average molecular weight is 375 g/mol. The van der Waals surface area contributed by atoms with Crippen molar-refractivity contribution in [3.8, 4) is 17.2 Å². The molecular formula is C19H21NO5S. The second-order valence-electron chi connectivity index (χ2n) is 6.46. The molecular weight excluding hydrogens is 354 g/mol. The van der Waals surface area contributed by atoms with Gasteiger partial charge in [-0.3, -0.25) is 4.72 Å². The molecule has 0 unspecified atom stereocenters. The first-order valence-corrected chi connectivity index (χ1v) is 10.3. The molecule has 2 aromatic rings. The maximum Gasteiger partial charge on any atom is 0.261 e. The Hall–Kier alpha value is -2.41. The Morgan fingerprint density at radius 1 is 0.923 bits per heavy atom. The molecule has 2 aromatic carbocycles. The lowest BCUT2D eigenvalue weighted by molar-refractivity contribution is 0.171. The smallest absolute Gasteiger partial charge is 0.261 e. The number of ether oxygens (including phenoxy) is 3. The molecule has 138 valence electrons. The lowest BCUT2D eigenvalue weighted by Crippen LogP contribution is -2.16. The van der Waals surface area contributed by atoms with Crippen molar-refractivity contribution in [1.29, 1.82) is 0 Å². The maximum absolute atomic E-state index is 12.6. The van der Waals surface area contributed by atoms with Crippen molar-refractivity contribution in [3.63, 3.8) is 0 Å². The van der Waals surface area contributed by atoms with Crippen molar-refractivity contribution in [2.45, 2.75) is 36.7 Å². The Kier molecular flexibility index (Phi) is 4.63. The van der Waals surface area contributed by atoms with Crippen LogP contribution in [0.2, 0.25) is 0 Å². The van der Waals surface area contributed by atoms with E-state index in [1.54, 1.807) is 42.5 Å². The molecule has 0 bridgehead atoms. The number of sulfonamides is 1. The average Bonchev–Trinajstić information content (AvgIpc) is 3.15. The van der Waals surface area contributed by atoms with Crippen LogP contribution in [0.1, 0.15) is 25.7 Å². The summed E-state index contributed by atoms with van der Waals surface area (Å²) in [7, 11) is -3.69. The van der Waals surface area contributed by atoms with Gasteiger partial charge in [0.2, 0.25) is 0 Å². The molecule has 1 N–H and O–H groups in total. The van der Waals surface area contributed by atoms with Crippen molar-refractivity contribution >= 4 is 15.7 Å². The molecule has 2 aliphatic rings. The molecule has 26 heavy (non-hydrogen) atoms. The van der Waals surface area contributed by atoms with Crippen LogP contribution < -0.4 is 18.9 Å². The van der Waals surface area contributed by atoms with E-state index in [1.807, 2.05) is 0 Å². The van der Waals surface area contributed by atoms with Crippen molar-refractivity contribution < 1.29 is 22.6 Å². The van der Waals surface area contributed by atoms with E-state index in [2.05, 4.69) is 4.72 Å². The summed E-state index contributed by atoms with van der Waals surface area (Å²) in [6.07, 6.45) is 4.75. The predicted octanol–water partition coefficient (Wildman–Crippen LogP) is 3.58. The van der Waals surface area contributed by atoms with Gasteiger partial charge in [-0.15, -0.1) is 0 Å². The molecule has 4 rings (SSSR count). The number of anilines is 1. The van der Waals surface area contributed by atoms with Gasteiger partial charge in [-0.2, -0.15) is 0 Å². The first-order chi connectivity index (χ1) is 12.6. The summed E-state index contributed by atoms with van der Waals surface area (Å²) in [6, 6.07) is 11.5. The molecule has 1 heterocycles. The van der Waals surface area contributed by atoms with Crippen molar-refractivity contribution in [1.82, 2.24) is 0 Å². The van der Waals surface area contributed by atoms with Crippen LogP contribution in [0, 0.1) is 0 Å². The summed E-state index contributed by atoms with van der Waals surface area (Å²) in [5, 5.41) is 0. The topological polar surface area (TPSA) is 73.9 Å². The van der Waals surface area contributed by atoms with E-state index in [0.717, 1.165) is 12.8 Å². The van der Waals surface area contributed by atoms with Crippen molar-refractivity contribution in [2.24, 2.45) is 0 Å². The Labute approximate surface area is 153 Å². The molecule has 6 nitrogen and oxygen atoms in total. The number of hydrogen-bond donors (Lipinski definition) is 1. The van der Waals surface area contributed by atoms with Gasteiger partial charge in [0, 0.05) is 6.07 Å². The molecule has 0 radical (unpaired) electrons. The Morgan fingerprint density at radius 3 is 2.35 bits per heavy atom. The standard InChI is InChI=1S/C19H21NO5S/c21-26(22,20-14-5-10-18-19(13-14)24-12-11-23-18)17-8-6-16(7-9-17)25-15-3-1-2-4-15/h5-10,13,15,20H,1-4,11-12H2. The number of fused-ring (bicyclic) bond motifs is 1. The highest BCUT2D eigenvalue weighted by atomic mass is 32.2. The van der Waals surface area contributed by atoms with E-state index in [0.29, 0.717) is 36.1 Å². The summed E-state index contributed by atoms with van der Waals surface area (Å²) in [4.78, 5) is 0.186. The molecule has 7 heteroatoms. The van der Waals surface area contributed by atoms with Crippen LogP contribution in [0.15, 0.2) is 47.4 Å². The van der Waals surface area contributed by atoms with E-state index in [4.69, 9.17) is 14.2 Å². The highest BCUT2D eigenvalue weighted by Gasteiger charge is 2.19. The Morgan fingerprint density at radius 2 is 1.62 bits per heavy atom. The fourth-order valence-electron chi connectivity index (χ4n) is 3.22. The quantitative estimate of drug-likeness (QED) is 0.865. The van der Waals surface area contributed by atoms with Gasteiger partial charge in [-0.1, -0.05) is 0 Å². The van der Waals surface area contributed by atoms with E-state index in [9.17, 15) is 8.42 Å². The van der Waals surface area contributed by atoms with Crippen LogP contribution in [0.5, 0.6) is 17.2 Å². The summed E-state index contributed by atoms with van der Waals surface area (Å²) in [5.41, 5.74) is 0.431. The highest BCUT2D eigenvalue weighted by Crippen LogP contribution is 2.33. The van der Waals surface area contributed by atoms with E-state index < -0.39 is 10.0 Å². The number of rotatable bonds is 5. The molecule has 0 amide bonds. The summed E-state index contributed by atoms with van der Waals surface area (Å²) < 4.78 is 44.6. The second-order valence-corrected chi connectivity index (χ2v) is 8.14. The fourth-order valence-corrected chi connectivity index (χ4v) is 4.27. The minimum Gasteiger partial charge on any atom is -0.490 e. The van der Waals surface area contributed by atoms with Gasteiger partial charge in [-0.05, 0) is 62.1 Å². The number of hydrogen-bond acceptors (Lipinski definition) is 5. The minimum absolute atomic E-state index is 0.186. The Balaban J connectivity index is 1.47. The monoisotopic (exact) mass is 375 g/mol. The fraction of sp³-hybridized carbons (Fsp3) is 0.368. The third-order valence-electron chi connectivity index (χ3n) is 4.53. The van der Waals surface area contributed by atoms with Crippen LogP contribution in [-0.2, 0) is 10.0 Å². The van der Waals surface area contributed by atoms with Gasteiger partial charge < -0.3 is 14.2 Å². The lowest BCUT2D eigenvalue weighted by Gasteiger charge is -2.19. The van der Waals surface area contributed by atoms with Crippen LogP contribution in [-0.4, -0.2) is 27.7 Å².